The second kappa shape index (κ2) is 11.6. The summed E-state index contributed by atoms with van der Waals surface area (Å²) in [5.74, 6) is -0.376. The first-order valence-corrected chi connectivity index (χ1v) is 5.94. The van der Waals surface area contributed by atoms with Crippen LogP contribution in [0.15, 0.2) is 12.2 Å². The van der Waals surface area contributed by atoms with Gasteiger partial charge in [-0.3, -0.25) is 14.5 Å². The lowest BCUT2D eigenvalue weighted by atomic mass is 10.0. The number of nitrogens with zero attached hydrogens (tertiary/aromatic N) is 1. The van der Waals surface area contributed by atoms with E-state index in [2.05, 4.69) is 0 Å². The Labute approximate surface area is 114 Å². The third kappa shape index (κ3) is 10.2. The Morgan fingerprint density at radius 1 is 1.16 bits per heavy atom. The van der Waals surface area contributed by atoms with Crippen molar-refractivity contribution in [3.63, 3.8) is 0 Å². The first kappa shape index (κ1) is 17.5. The third-order valence-corrected chi connectivity index (χ3v) is 2.06. The Bertz CT molecular complexity index is 319. The fraction of sp³-hybridized carbons (Fsp3) is 0.583. The maximum absolute atomic E-state index is 11.3. The smallest absolute Gasteiger partial charge is 0.252 e. The largest absolute Gasteiger partial charge is 0.379 e. The van der Waals surface area contributed by atoms with Crippen LogP contribution in [0.1, 0.15) is 13.3 Å². The van der Waals surface area contributed by atoms with Gasteiger partial charge in [-0.25, -0.2) is 0 Å². The SMILES string of the molecule is [B]C(=O)CCOCCOCCN(C=O)C(=O)/C=C\C. The maximum atomic E-state index is 11.3. The highest BCUT2D eigenvalue weighted by atomic mass is 16.5. The van der Waals surface area contributed by atoms with Crippen LogP contribution in [0.4, 0.5) is 0 Å². The van der Waals surface area contributed by atoms with Gasteiger partial charge in [-0.15, -0.1) is 0 Å². The normalized spacial score (nSPS) is 10.6. The van der Waals surface area contributed by atoms with Crippen molar-refractivity contribution in [3.8, 4) is 0 Å². The molecule has 0 aliphatic heterocycles. The Hall–Kier alpha value is -1.47. The fourth-order valence-corrected chi connectivity index (χ4v) is 1.11. The summed E-state index contributed by atoms with van der Waals surface area (Å²) in [5, 5.41) is 0. The summed E-state index contributed by atoms with van der Waals surface area (Å²) in [6, 6.07) is 0. The molecule has 0 bridgehead atoms. The lowest BCUT2D eigenvalue weighted by molar-refractivity contribution is -0.135. The molecule has 0 aromatic heterocycles. The molecule has 0 saturated heterocycles. The summed E-state index contributed by atoms with van der Waals surface area (Å²) < 4.78 is 10.3. The second-order valence-electron chi connectivity index (χ2n) is 3.58. The highest BCUT2D eigenvalue weighted by Gasteiger charge is 2.07. The van der Waals surface area contributed by atoms with Gasteiger partial charge >= 0.3 is 0 Å². The highest BCUT2D eigenvalue weighted by Crippen LogP contribution is 1.89. The minimum absolute atomic E-state index is 0.177. The van der Waals surface area contributed by atoms with Crippen molar-refractivity contribution in [1.82, 2.24) is 4.90 Å². The van der Waals surface area contributed by atoms with Gasteiger partial charge in [0.25, 0.3) is 5.91 Å². The number of allylic oxidation sites excluding steroid dienone is 1. The van der Waals surface area contributed by atoms with E-state index in [0.29, 0.717) is 19.6 Å². The van der Waals surface area contributed by atoms with Crippen LogP contribution in [0, 0.1) is 0 Å². The fourth-order valence-electron chi connectivity index (χ4n) is 1.11. The number of carbonyl (C=O) groups is 3. The van der Waals surface area contributed by atoms with Crippen LogP contribution < -0.4 is 0 Å². The van der Waals surface area contributed by atoms with Crippen LogP contribution in [0.5, 0.6) is 0 Å². The lowest BCUT2D eigenvalue weighted by Gasteiger charge is -2.13. The van der Waals surface area contributed by atoms with E-state index in [4.69, 9.17) is 17.3 Å². The molecule has 0 heterocycles. The zero-order valence-electron chi connectivity index (χ0n) is 11.0. The van der Waals surface area contributed by atoms with Crippen molar-refractivity contribution in [2.45, 2.75) is 13.3 Å². The van der Waals surface area contributed by atoms with Gasteiger partial charge in [0, 0.05) is 6.42 Å². The molecule has 0 aromatic rings. The molecule has 104 valence electrons. The van der Waals surface area contributed by atoms with Gasteiger partial charge in [-0.2, -0.15) is 0 Å². The van der Waals surface area contributed by atoms with E-state index in [9.17, 15) is 14.4 Å². The van der Waals surface area contributed by atoms with E-state index >= 15 is 0 Å². The molecule has 0 N–H and O–H groups in total. The van der Waals surface area contributed by atoms with Gasteiger partial charge < -0.3 is 14.3 Å². The molecule has 19 heavy (non-hydrogen) atoms. The molecular weight excluding hydrogens is 249 g/mol. The number of rotatable bonds is 11. The highest BCUT2D eigenvalue weighted by molar-refractivity contribution is 6.57. The number of carbonyl (C=O) groups excluding carboxylic acids is 3. The van der Waals surface area contributed by atoms with Gasteiger partial charge in [-0.05, 0) is 13.0 Å². The molecule has 0 fully saturated rings. The van der Waals surface area contributed by atoms with E-state index in [0.717, 1.165) is 4.90 Å². The third-order valence-electron chi connectivity index (χ3n) is 2.06. The molecule has 0 aromatic carbocycles. The molecule has 0 unspecified atom stereocenters. The molecule has 0 rings (SSSR count). The van der Waals surface area contributed by atoms with Crippen molar-refractivity contribution in [1.29, 1.82) is 0 Å². The average Bonchev–Trinajstić information content (AvgIpc) is 2.37. The molecule has 6 nitrogen and oxygen atoms in total. The van der Waals surface area contributed by atoms with Crippen LogP contribution >= 0.6 is 0 Å². The lowest BCUT2D eigenvalue weighted by Crippen LogP contribution is -2.31. The summed E-state index contributed by atoms with van der Waals surface area (Å²) in [6.07, 6.45) is 3.51. The van der Waals surface area contributed by atoms with Crippen LogP contribution in [0.2, 0.25) is 0 Å². The molecule has 0 aliphatic carbocycles. The Morgan fingerprint density at radius 2 is 1.79 bits per heavy atom. The zero-order valence-corrected chi connectivity index (χ0v) is 11.0. The number of ether oxygens (including phenoxy) is 2. The van der Waals surface area contributed by atoms with Gasteiger partial charge in [0.2, 0.25) is 6.41 Å². The summed E-state index contributed by atoms with van der Waals surface area (Å²) in [4.78, 5) is 33.4. The summed E-state index contributed by atoms with van der Waals surface area (Å²) in [7, 11) is 4.93. The quantitative estimate of drug-likeness (QED) is 0.222. The standard InChI is InChI=1S/C12H18BNO5/c1-2-3-12(17)14(10-15)5-7-19-9-8-18-6-4-11(13)16/h2-3,10H,4-9H2,1H3/b3-2-. The first-order valence-electron chi connectivity index (χ1n) is 5.94. The Morgan fingerprint density at radius 3 is 2.32 bits per heavy atom. The molecule has 0 spiro atoms. The van der Waals surface area contributed by atoms with Crippen LogP contribution in [-0.4, -0.2) is 63.7 Å². The zero-order chi connectivity index (χ0) is 14.5. The van der Waals surface area contributed by atoms with Crippen molar-refractivity contribution in [3.05, 3.63) is 12.2 Å². The van der Waals surface area contributed by atoms with Crippen molar-refractivity contribution < 1.29 is 23.9 Å². The molecule has 0 saturated carbocycles. The van der Waals surface area contributed by atoms with Crippen LogP contribution in [0.25, 0.3) is 0 Å². The van der Waals surface area contributed by atoms with E-state index in [1.807, 2.05) is 0 Å². The minimum atomic E-state index is -0.412. The van der Waals surface area contributed by atoms with Gasteiger partial charge in [0.15, 0.2) is 7.85 Å². The van der Waals surface area contributed by atoms with Gasteiger partial charge in [0.05, 0.1) is 38.7 Å². The van der Waals surface area contributed by atoms with Crippen LogP contribution in [-0.2, 0) is 23.9 Å². The van der Waals surface area contributed by atoms with E-state index in [1.54, 1.807) is 13.0 Å². The summed E-state index contributed by atoms with van der Waals surface area (Å²) in [5.41, 5.74) is -0.412. The van der Waals surface area contributed by atoms with E-state index in [1.165, 1.54) is 6.08 Å². The summed E-state index contributed by atoms with van der Waals surface area (Å²) in [6.45, 7) is 3.04. The summed E-state index contributed by atoms with van der Waals surface area (Å²) >= 11 is 0. The molecule has 7 heteroatoms. The monoisotopic (exact) mass is 267 g/mol. The average molecular weight is 267 g/mol. The predicted octanol–water partition coefficient (Wildman–Crippen LogP) is -0.334. The number of hydrogen-bond donors (Lipinski definition) is 0. The van der Waals surface area contributed by atoms with E-state index in [-0.39, 0.29) is 32.1 Å². The maximum Gasteiger partial charge on any atom is 0.252 e. The Balaban J connectivity index is 3.54. The molecule has 2 amide bonds. The molecular formula is C12H18BNO5. The Kier molecular flexibility index (Phi) is 10.7. The van der Waals surface area contributed by atoms with Crippen molar-refractivity contribution >= 4 is 25.8 Å². The minimum Gasteiger partial charge on any atom is -0.379 e. The molecule has 0 aliphatic rings. The van der Waals surface area contributed by atoms with Crippen molar-refractivity contribution in [2.24, 2.45) is 0 Å². The number of amides is 2. The first-order chi connectivity index (χ1) is 9.11. The number of imide groups is 1. The van der Waals surface area contributed by atoms with E-state index < -0.39 is 5.68 Å². The van der Waals surface area contributed by atoms with Gasteiger partial charge in [0.1, 0.15) is 0 Å². The predicted molar refractivity (Wildman–Crippen MR) is 69.6 cm³/mol. The van der Waals surface area contributed by atoms with Gasteiger partial charge in [-0.1, -0.05) is 6.08 Å². The number of hydrogen-bond acceptors (Lipinski definition) is 5. The second-order valence-corrected chi connectivity index (χ2v) is 3.58. The topological polar surface area (TPSA) is 72.9 Å². The van der Waals surface area contributed by atoms with Crippen molar-refractivity contribution in [2.75, 3.05) is 33.0 Å². The molecule has 2 radical (unpaired) electrons. The molecule has 0 atom stereocenters. The van der Waals surface area contributed by atoms with Crippen LogP contribution in [0.3, 0.4) is 0 Å².